The number of carbonyl (C=O) groups excluding carboxylic acids is 1. The Morgan fingerprint density at radius 1 is 1.37 bits per heavy atom. The molecule has 1 fully saturated rings. The first-order chi connectivity index (χ1) is 8.95. The van der Waals surface area contributed by atoms with E-state index in [1.807, 2.05) is 0 Å². The van der Waals surface area contributed by atoms with Crippen molar-refractivity contribution < 1.29 is 19.1 Å². The molecule has 0 aliphatic heterocycles. The standard InChI is InChI=1S/C13H15FN2O3/c1-7-4-9(5-7)15-13(19)16-11-3-2-8(12(17)18)6-10(11)14/h2-3,6-7,9H,4-5H2,1H3,(H,17,18)(H2,15,16,19). The lowest BCUT2D eigenvalue weighted by atomic mass is 9.82. The summed E-state index contributed by atoms with van der Waals surface area (Å²) >= 11 is 0. The molecule has 3 N–H and O–H groups in total. The monoisotopic (exact) mass is 266 g/mol. The van der Waals surface area contributed by atoms with Crippen LogP contribution in [0, 0.1) is 11.7 Å². The molecule has 19 heavy (non-hydrogen) atoms. The fourth-order valence-electron chi connectivity index (χ4n) is 2.11. The summed E-state index contributed by atoms with van der Waals surface area (Å²) in [5, 5.41) is 13.8. The van der Waals surface area contributed by atoms with E-state index in [2.05, 4.69) is 17.6 Å². The predicted molar refractivity (Wildman–Crippen MR) is 67.7 cm³/mol. The van der Waals surface area contributed by atoms with Gasteiger partial charge >= 0.3 is 12.0 Å². The van der Waals surface area contributed by atoms with Gasteiger partial charge in [-0.2, -0.15) is 0 Å². The van der Waals surface area contributed by atoms with E-state index in [-0.39, 0.29) is 17.3 Å². The van der Waals surface area contributed by atoms with Crippen molar-refractivity contribution in [1.82, 2.24) is 5.32 Å². The van der Waals surface area contributed by atoms with Crippen LogP contribution in [0.15, 0.2) is 18.2 Å². The van der Waals surface area contributed by atoms with Gasteiger partial charge in [0, 0.05) is 6.04 Å². The molecule has 0 heterocycles. The minimum atomic E-state index is -1.21. The van der Waals surface area contributed by atoms with Crippen LogP contribution < -0.4 is 10.6 Å². The summed E-state index contributed by atoms with van der Waals surface area (Å²) in [7, 11) is 0. The normalized spacial score (nSPS) is 21.4. The minimum absolute atomic E-state index is 0.0325. The number of urea groups is 1. The molecule has 2 amide bonds. The molecule has 1 aliphatic rings. The van der Waals surface area contributed by atoms with Crippen molar-refractivity contribution in [2.24, 2.45) is 5.92 Å². The van der Waals surface area contributed by atoms with Gasteiger partial charge in [0.25, 0.3) is 0 Å². The number of aromatic carboxylic acids is 1. The maximum Gasteiger partial charge on any atom is 0.335 e. The number of carbonyl (C=O) groups is 2. The van der Waals surface area contributed by atoms with Crippen LogP contribution in [-0.4, -0.2) is 23.1 Å². The summed E-state index contributed by atoms with van der Waals surface area (Å²) in [6.45, 7) is 2.10. The average Bonchev–Trinajstić information content (AvgIpc) is 2.29. The molecule has 0 atom stereocenters. The first-order valence-corrected chi connectivity index (χ1v) is 6.06. The van der Waals surface area contributed by atoms with Crippen molar-refractivity contribution in [3.8, 4) is 0 Å². The zero-order chi connectivity index (χ0) is 14.0. The molecule has 102 valence electrons. The Hall–Kier alpha value is -2.11. The van der Waals surface area contributed by atoms with Gasteiger partial charge in [-0.05, 0) is 37.0 Å². The molecule has 2 rings (SSSR count). The largest absolute Gasteiger partial charge is 0.478 e. The number of hydrogen-bond donors (Lipinski definition) is 3. The highest BCUT2D eigenvalue weighted by atomic mass is 19.1. The molecule has 0 spiro atoms. The van der Waals surface area contributed by atoms with Crippen molar-refractivity contribution in [1.29, 1.82) is 0 Å². The second-order valence-electron chi connectivity index (χ2n) is 4.87. The average molecular weight is 266 g/mol. The summed E-state index contributed by atoms with van der Waals surface area (Å²) in [5.74, 6) is -1.37. The number of benzene rings is 1. The van der Waals surface area contributed by atoms with Crippen LogP contribution in [0.4, 0.5) is 14.9 Å². The zero-order valence-electron chi connectivity index (χ0n) is 10.4. The molecular weight excluding hydrogens is 251 g/mol. The highest BCUT2D eigenvalue weighted by Crippen LogP contribution is 2.26. The fraction of sp³-hybridized carbons (Fsp3) is 0.385. The van der Waals surface area contributed by atoms with E-state index in [9.17, 15) is 14.0 Å². The highest BCUT2D eigenvalue weighted by molar-refractivity contribution is 5.91. The van der Waals surface area contributed by atoms with E-state index in [0.717, 1.165) is 18.9 Å². The minimum Gasteiger partial charge on any atom is -0.478 e. The second kappa shape index (κ2) is 5.26. The number of amides is 2. The predicted octanol–water partition coefficient (Wildman–Crippen LogP) is 2.44. The maximum atomic E-state index is 13.6. The Labute approximate surface area is 109 Å². The van der Waals surface area contributed by atoms with Gasteiger partial charge in [-0.1, -0.05) is 6.92 Å². The summed E-state index contributed by atoms with van der Waals surface area (Å²) in [6.07, 6.45) is 1.85. The number of nitrogens with one attached hydrogen (secondary N) is 2. The Kier molecular flexibility index (Phi) is 3.69. The molecule has 1 aromatic carbocycles. The maximum absolute atomic E-state index is 13.6. The van der Waals surface area contributed by atoms with Gasteiger partial charge in [0.2, 0.25) is 0 Å². The van der Waals surface area contributed by atoms with Gasteiger partial charge in [0.15, 0.2) is 0 Å². The van der Waals surface area contributed by atoms with Crippen LogP contribution in [0.2, 0.25) is 0 Å². The molecule has 5 nitrogen and oxygen atoms in total. The van der Waals surface area contributed by atoms with Gasteiger partial charge in [0.1, 0.15) is 5.82 Å². The Bertz CT molecular complexity index is 513. The fourth-order valence-corrected chi connectivity index (χ4v) is 2.11. The Morgan fingerprint density at radius 2 is 2.05 bits per heavy atom. The van der Waals surface area contributed by atoms with Crippen LogP contribution in [0.3, 0.4) is 0 Å². The van der Waals surface area contributed by atoms with E-state index < -0.39 is 17.8 Å². The van der Waals surface area contributed by atoms with Crippen LogP contribution >= 0.6 is 0 Å². The van der Waals surface area contributed by atoms with E-state index in [1.54, 1.807) is 0 Å². The smallest absolute Gasteiger partial charge is 0.335 e. The third-order valence-corrected chi connectivity index (χ3v) is 3.17. The van der Waals surface area contributed by atoms with E-state index >= 15 is 0 Å². The van der Waals surface area contributed by atoms with Crippen LogP contribution in [0.1, 0.15) is 30.1 Å². The van der Waals surface area contributed by atoms with Gasteiger partial charge in [-0.3, -0.25) is 0 Å². The Balaban J connectivity index is 1.95. The number of anilines is 1. The lowest BCUT2D eigenvalue weighted by Gasteiger charge is -2.33. The van der Waals surface area contributed by atoms with Crippen molar-refractivity contribution in [2.45, 2.75) is 25.8 Å². The topological polar surface area (TPSA) is 78.4 Å². The first kappa shape index (κ1) is 13.3. The third kappa shape index (κ3) is 3.21. The summed E-state index contributed by atoms with van der Waals surface area (Å²) in [5.41, 5.74) is -0.189. The molecule has 0 bridgehead atoms. The molecule has 0 unspecified atom stereocenters. The van der Waals surface area contributed by atoms with Crippen LogP contribution in [0.5, 0.6) is 0 Å². The van der Waals surface area contributed by atoms with Crippen LogP contribution in [0.25, 0.3) is 0 Å². The first-order valence-electron chi connectivity index (χ1n) is 6.06. The van der Waals surface area contributed by atoms with Crippen LogP contribution in [-0.2, 0) is 0 Å². The number of halogens is 1. The summed E-state index contributed by atoms with van der Waals surface area (Å²) in [6, 6.07) is 3.02. The van der Waals surface area contributed by atoms with E-state index in [1.165, 1.54) is 12.1 Å². The number of hydrogen-bond acceptors (Lipinski definition) is 2. The molecular formula is C13H15FN2O3. The lowest BCUT2D eigenvalue weighted by molar-refractivity contribution is 0.0696. The molecule has 1 saturated carbocycles. The number of rotatable bonds is 3. The van der Waals surface area contributed by atoms with Crippen molar-refractivity contribution in [3.05, 3.63) is 29.6 Å². The zero-order valence-corrected chi connectivity index (χ0v) is 10.4. The summed E-state index contributed by atoms with van der Waals surface area (Å²) < 4.78 is 13.6. The Morgan fingerprint density at radius 3 is 2.58 bits per heavy atom. The van der Waals surface area contributed by atoms with Crippen molar-refractivity contribution in [2.75, 3.05) is 5.32 Å². The lowest BCUT2D eigenvalue weighted by Crippen LogP contribution is -2.45. The molecule has 0 radical (unpaired) electrons. The van der Waals surface area contributed by atoms with Crippen molar-refractivity contribution in [3.63, 3.8) is 0 Å². The molecule has 0 aromatic heterocycles. The van der Waals surface area contributed by atoms with Gasteiger partial charge in [0.05, 0.1) is 11.3 Å². The SMILES string of the molecule is CC1CC(NC(=O)Nc2ccc(C(=O)O)cc2F)C1. The second-order valence-corrected chi connectivity index (χ2v) is 4.87. The third-order valence-electron chi connectivity index (χ3n) is 3.17. The molecule has 0 saturated heterocycles. The number of carboxylic acid groups (broad SMARTS) is 1. The van der Waals surface area contributed by atoms with E-state index in [4.69, 9.17) is 5.11 Å². The quantitative estimate of drug-likeness (QED) is 0.786. The van der Waals surface area contributed by atoms with Gasteiger partial charge in [-0.25, -0.2) is 14.0 Å². The van der Waals surface area contributed by atoms with Crippen molar-refractivity contribution >= 4 is 17.7 Å². The number of carboxylic acids is 1. The van der Waals surface area contributed by atoms with E-state index in [0.29, 0.717) is 5.92 Å². The summed E-state index contributed by atoms with van der Waals surface area (Å²) in [4.78, 5) is 22.2. The van der Waals surface area contributed by atoms with Gasteiger partial charge < -0.3 is 15.7 Å². The molecule has 1 aliphatic carbocycles. The van der Waals surface area contributed by atoms with Gasteiger partial charge in [-0.15, -0.1) is 0 Å². The highest BCUT2D eigenvalue weighted by Gasteiger charge is 2.26. The molecule has 6 heteroatoms. The molecule has 1 aromatic rings.